The molecule has 2 aromatic carbocycles. The number of rotatable bonds is 6. The predicted molar refractivity (Wildman–Crippen MR) is 105 cm³/mol. The van der Waals surface area contributed by atoms with E-state index in [9.17, 15) is 9.59 Å². The van der Waals surface area contributed by atoms with E-state index in [1.165, 1.54) is 10.5 Å². The van der Waals surface area contributed by atoms with Crippen LogP contribution in [-0.2, 0) is 22.6 Å². The molecule has 6 nitrogen and oxygen atoms in total. The minimum Gasteiger partial charge on any atom is -0.347 e. The lowest BCUT2D eigenvalue weighted by Crippen LogP contribution is -3.13. The lowest BCUT2D eigenvalue weighted by atomic mass is 10.1. The lowest BCUT2D eigenvalue weighted by Gasteiger charge is -2.32. The van der Waals surface area contributed by atoms with Gasteiger partial charge in [0.1, 0.15) is 6.54 Å². The normalized spacial score (nSPS) is 14.3. The van der Waals surface area contributed by atoms with E-state index in [1.54, 1.807) is 0 Å². The van der Waals surface area contributed by atoms with Crippen LogP contribution in [0.4, 0.5) is 0 Å². The van der Waals surface area contributed by atoms with E-state index in [4.69, 9.17) is 5.26 Å². The molecule has 2 N–H and O–H groups in total. The van der Waals surface area contributed by atoms with Crippen molar-refractivity contribution >= 4 is 11.8 Å². The summed E-state index contributed by atoms with van der Waals surface area (Å²) in [5.41, 5.74) is 2.80. The molecule has 144 valence electrons. The second-order valence-electron chi connectivity index (χ2n) is 7.06. The first-order valence-corrected chi connectivity index (χ1v) is 9.55. The summed E-state index contributed by atoms with van der Waals surface area (Å²) in [5.74, 6) is -0.163. The first-order chi connectivity index (χ1) is 13.6. The molecule has 0 unspecified atom stereocenters. The zero-order chi connectivity index (χ0) is 19.8. The van der Waals surface area contributed by atoms with Gasteiger partial charge in [0.15, 0.2) is 0 Å². The summed E-state index contributed by atoms with van der Waals surface area (Å²) in [5, 5.41) is 11.6. The van der Waals surface area contributed by atoms with Gasteiger partial charge in [0.25, 0.3) is 0 Å². The van der Waals surface area contributed by atoms with Gasteiger partial charge in [-0.15, -0.1) is 0 Å². The molecule has 2 amide bonds. The van der Waals surface area contributed by atoms with Crippen molar-refractivity contribution in [3.63, 3.8) is 0 Å². The van der Waals surface area contributed by atoms with Crippen LogP contribution >= 0.6 is 0 Å². The van der Waals surface area contributed by atoms with Gasteiger partial charge in [-0.3, -0.25) is 9.59 Å². The second kappa shape index (κ2) is 9.67. The van der Waals surface area contributed by atoms with E-state index in [-0.39, 0.29) is 24.8 Å². The number of hydrogen-bond donors (Lipinski definition) is 2. The topological polar surface area (TPSA) is 77.6 Å². The van der Waals surface area contributed by atoms with Gasteiger partial charge in [-0.2, -0.15) is 5.26 Å². The number of piperazine rings is 1. The SMILES string of the molecule is N#Cc1ccc(C[NH+]2CCN(C(=O)CNC(=O)Cc3ccccc3)CC2)cc1. The highest BCUT2D eigenvalue weighted by Crippen LogP contribution is 2.02. The van der Waals surface area contributed by atoms with Gasteiger partial charge in [0, 0.05) is 5.56 Å². The molecular weight excluding hydrogens is 352 g/mol. The van der Waals surface area contributed by atoms with Gasteiger partial charge < -0.3 is 15.1 Å². The summed E-state index contributed by atoms with van der Waals surface area (Å²) in [7, 11) is 0. The Morgan fingerprint density at radius 1 is 1.00 bits per heavy atom. The molecule has 2 aromatic rings. The highest BCUT2D eigenvalue weighted by atomic mass is 16.2. The minimum absolute atomic E-state index is 0.0289. The molecule has 1 fully saturated rings. The Balaban J connectivity index is 1.38. The smallest absolute Gasteiger partial charge is 0.242 e. The average Bonchev–Trinajstić information content (AvgIpc) is 2.74. The fourth-order valence-electron chi connectivity index (χ4n) is 3.36. The van der Waals surface area contributed by atoms with Crippen LogP contribution in [0, 0.1) is 11.3 Å². The van der Waals surface area contributed by atoms with Crippen molar-refractivity contribution < 1.29 is 14.5 Å². The fraction of sp³-hybridized carbons (Fsp3) is 0.318. The highest BCUT2D eigenvalue weighted by molar-refractivity contribution is 5.85. The molecule has 0 aliphatic carbocycles. The van der Waals surface area contributed by atoms with Crippen molar-refractivity contribution in [1.82, 2.24) is 10.2 Å². The van der Waals surface area contributed by atoms with Crippen molar-refractivity contribution in [2.75, 3.05) is 32.7 Å². The lowest BCUT2D eigenvalue weighted by molar-refractivity contribution is -0.917. The molecule has 0 aromatic heterocycles. The summed E-state index contributed by atoms with van der Waals surface area (Å²) in [6.45, 7) is 4.09. The summed E-state index contributed by atoms with van der Waals surface area (Å²) < 4.78 is 0. The largest absolute Gasteiger partial charge is 0.347 e. The van der Waals surface area contributed by atoms with Crippen LogP contribution in [0.2, 0.25) is 0 Å². The molecule has 1 heterocycles. The van der Waals surface area contributed by atoms with Crippen LogP contribution < -0.4 is 10.2 Å². The fourth-order valence-corrected chi connectivity index (χ4v) is 3.36. The summed E-state index contributed by atoms with van der Waals surface area (Å²) >= 11 is 0. The quantitative estimate of drug-likeness (QED) is 0.752. The molecule has 1 aliphatic heterocycles. The molecule has 0 saturated carbocycles. The predicted octanol–water partition coefficient (Wildman–Crippen LogP) is 0.144. The molecule has 0 radical (unpaired) electrons. The second-order valence-corrected chi connectivity index (χ2v) is 7.06. The summed E-state index contributed by atoms with van der Waals surface area (Å²) in [6.07, 6.45) is 0.288. The maximum Gasteiger partial charge on any atom is 0.242 e. The van der Waals surface area contributed by atoms with Crippen molar-refractivity contribution in [3.8, 4) is 6.07 Å². The van der Waals surface area contributed by atoms with Crippen molar-refractivity contribution in [2.45, 2.75) is 13.0 Å². The molecule has 28 heavy (non-hydrogen) atoms. The van der Waals surface area contributed by atoms with Crippen molar-refractivity contribution in [1.29, 1.82) is 5.26 Å². The monoisotopic (exact) mass is 377 g/mol. The third-order valence-corrected chi connectivity index (χ3v) is 5.00. The number of carbonyl (C=O) groups excluding carboxylic acids is 2. The van der Waals surface area contributed by atoms with Gasteiger partial charge >= 0.3 is 0 Å². The average molecular weight is 377 g/mol. The molecule has 0 spiro atoms. The Kier molecular flexibility index (Phi) is 6.77. The first-order valence-electron chi connectivity index (χ1n) is 9.55. The number of carbonyl (C=O) groups is 2. The van der Waals surface area contributed by atoms with E-state index < -0.39 is 0 Å². The highest BCUT2D eigenvalue weighted by Gasteiger charge is 2.23. The van der Waals surface area contributed by atoms with Crippen LogP contribution in [0.1, 0.15) is 16.7 Å². The van der Waals surface area contributed by atoms with E-state index in [0.717, 1.165) is 25.2 Å². The maximum atomic E-state index is 12.4. The molecule has 6 heteroatoms. The zero-order valence-corrected chi connectivity index (χ0v) is 15.9. The number of hydrogen-bond acceptors (Lipinski definition) is 3. The zero-order valence-electron chi connectivity index (χ0n) is 15.9. The van der Waals surface area contributed by atoms with E-state index in [2.05, 4.69) is 11.4 Å². The number of quaternary nitrogens is 1. The summed E-state index contributed by atoms with van der Waals surface area (Å²) in [6, 6.07) is 19.3. The Morgan fingerprint density at radius 3 is 2.32 bits per heavy atom. The number of nitrogens with one attached hydrogen (secondary N) is 2. The van der Waals surface area contributed by atoms with Crippen LogP contribution in [0.25, 0.3) is 0 Å². The van der Waals surface area contributed by atoms with E-state index >= 15 is 0 Å². The molecule has 1 aliphatic rings. The number of nitrogens with zero attached hydrogens (tertiary/aromatic N) is 2. The Labute approximate surface area is 165 Å². The molecule has 3 rings (SSSR count). The van der Waals surface area contributed by atoms with Gasteiger partial charge in [-0.1, -0.05) is 42.5 Å². The number of nitriles is 1. The van der Waals surface area contributed by atoms with Crippen LogP contribution in [0.15, 0.2) is 54.6 Å². The maximum absolute atomic E-state index is 12.4. The molecule has 0 bridgehead atoms. The van der Waals surface area contributed by atoms with Gasteiger partial charge in [0.05, 0.1) is 50.8 Å². The van der Waals surface area contributed by atoms with Crippen LogP contribution in [0.5, 0.6) is 0 Å². The molecule has 1 saturated heterocycles. The van der Waals surface area contributed by atoms with Crippen LogP contribution in [-0.4, -0.2) is 49.4 Å². The Morgan fingerprint density at radius 2 is 1.68 bits per heavy atom. The third kappa shape index (κ3) is 5.66. The van der Waals surface area contributed by atoms with E-state index in [0.29, 0.717) is 18.7 Å². The van der Waals surface area contributed by atoms with Crippen LogP contribution in [0.3, 0.4) is 0 Å². The molecular formula is C22H25N4O2+. The van der Waals surface area contributed by atoms with Crippen molar-refractivity contribution in [3.05, 3.63) is 71.3 Å². The first kappa shape index (κ1) is 19.6. The van der Waals surface area contributed by atoms with Crippen molar-refractivity contribution in [2.24, 2.45) is 0 Å². The Hall–Kier alpha value is -3.17. The minimum atomic E-state index is -0.135. The number of benzene rings is 2. The van der Waals surface area contributed by atoms with Gasteiger partial charge in [0.2, 0.25) is 11.8 Å². The number of amides is 2. The third-order valence-electron chi connectivity index (χ3n) is 5.00. The molecule has 0 atom stereocenters. The Bertz CT molecular complexity index is 835. The standard InChI is InChI=1S/C22H24N4O2/c23-15-19-6-8-20(9-7-19)17-25-10-12-26(13-11-25)22(28)16-24-21(27)14-18-4-2-1-3-5-18/h1-9H,10-14,16-17H2,(H,24,27)/p+1. The van der Waals surface area contributed by atoms with Gasteiger partial charge in [-0.25, -0.2) is 0 Å². The van der Waals surface area contributed by atoms with Gasteiger partial charge in [-0.05, 0) is 17.7 Å². The summed E-state index contributed by atoms with van der Waals surface area (Å²) in [4.78, 5) is 27.6. The van der Waals surface area contributed by atoms with E-state index in [1.807, 2.05) is 59.5 Å².